The number of rotatable bonds is 50. The standard InChI is InChI=1S/C60H72Cl4N2O12S2.C25H34Cl2N2O5S.C8H6O4/c1-65-39-53(51-35-47(61)37-57(63)55(51)41-65)43-10-4-14-49(33-43)79(69,70)30-8-20-75-24-28-77-26-22-73-18-6-16-59(67)45-12-3-13-46(32-45)60(68)17-7-19-74-23-27-78-29-25-76-21-9-31-80(71,72)50-15-5-11-44(34-50)54-40-66(2)42-56-52(54)36-48(62)38-58(56)64;1-29-17-23(22-15-20(26)16-25(27)24(22)18-29)19-4-2-5-21(14-19)35(30,31)13-3-7-32-9-11-34-12-10-33-8-6-28;9-7(10)5-2-1-3-6(4-5)8(11)12/h3-5,10-15,32-38,53-54H,6-9,16-31,39-42H2,1-2H3;2,4-5,14-16,23H,3,6-13,17-18,28H2,1H3;1-4H,(H,9,10)(H,11,12). The number of ketones is 2. The van der Waals surface area contributed by atoms with Gasteiger partial charge >= 0.3 is 11.9 Å². The number of hydrogen-bond donors (Lipinski definition) is 3. The molecule has 34 heteroatoms. The van der Waals surface area contributed by atoms with Gasteiger partial charge in [0.2, 0.25) is 0 Å². The maximum absolute atomic E-state index is 13.3. The highest BCUT2D eigenvalue weighted by molar-refractivity contribution is 7.92. The van der Waals surface area contributed by atoms with Gasteiger partial charge in [-0.25, -0.2) is 34.8 Å². The molecule has 0 saturated carbocycles. The first-order valence-corrected chi connectivity index (χ1v) is 49.2. The lowest BCUT2D eigenvalue weighted by Crippen LogP contribution is -2.31. The van der Waals surface area contributed by atoms with Crippen LogP contribution >= 0.6 is 69.6 Å². The molecule has 3 aliphatic heterocycles. The lowest BCUT2D eigenvalue weighted by atomic mass is 9.85. The summed E-state index contributed by atoms with van der Waals surface area (Å²) in [5, 5.41) is 20.5. The first-order valence-electron chi connectivity index (χ1n) is 42.0. The van der Waals surface area contributed by atoms with Crippen molar-refractivity contribution in [2.24, 2.45) is 5.73 Å². The average molecular weight is 1930 g/mol. The van der Waals surface area contributed by atoms with Gasteiger partial charge in [-0.2, -0.15) is 0 Å². The van der Waals surface area contributed by atoms with Gasteiger partial charge in [0.15, 0.2) is 41.1 Å². The largest absolute Gasteiger partial charge is 0.478 e. The highest BCUT2D eigenvalue weighted by atomic mass is 35.5. The Balaban J connectivity index is 0.000000315. The Labute approximate surface area is 775 Å². The number of carbonyl (C=O) groups is 4. The number of benzene rings is 8. The second kappa shape index (κ2) is 53.0. The van der Waals surface area contributed by atoms with Gasteiger partial charge < -0.3 is 73.3 Å². The van der Waals surface area contributed by atoms with E-state index in [0.717, 1.165) is 69.2 Å². The van der Waals surface area contributed by atoms with Crippen LogP contribution in [0.5, 0.6) is 0 Å². The molecule has 0 spiro atoms. The van der Waals surface area contributed by atoms with E-state index in [-0.39, 0.29) is 93.6 Å². The SMILES string of the molecule is CN1Cc2c(Cl)cc(Cl)cc2C(c2cccc(S(=O)(=O)CCCOCCOCCOCCCC(=O)c3cccc(C(=O)CCCOCCOCCOCCCS(=O)(=O)c4cccc(C5CN(C)Cc6c(Cl)cc(Cl)cc65)c4)c3)c2)C1.CN1Cc2c(Cl)cc(Cl)cc2C(c2cccc(S(=O)(=O)CCCOCCOCCOCCN)c2)C1.O=C(O)c1cccc(C(=O)O)c1. The smallest absolute Gasteiger partial charge is 0.335 e. The summed E-state index contributed by atoms with van der Waals surface area (Å²) in [5.41, 5.74) is 15.1. The van der Waals surface area contributed by atoms with Crippen LogP contribution in [-0.2, 0) is 91.8 Å². The van der Waals surface area contributed by atoms with E-state index in [9.17, 15) is 44.4 Å². The fourth-order valence-electron chi connectivity index (χ4n) is 14.9. The summed E-state index contributed by atoms with van der Waals surface area (Å²) in [6.07, 6.45) is 2.68. The van der Waals surface area contributed by atoms with Crippen molar-refractivity contribution in [1.29, 1.82) is 0 Å². The van der Waals surface area contributed by atoms with E-state index in [1.54, 1.807) is 97.1 Å². The van der Waals surface area contributed by atoms with Crippen LogP contribution in [0.4, 0.5) is 0 Å². The molecule has 690 valence electrons. The normalized spacial score (nSPS) is 15.4. The van der Waals surface area contributed by atoms with Crippen LogP contribution in [0.25, 0.3) is 0 Å². The van der Waals surface area contributed by atoms with Gasteiger partial charge in [0.25, 0.3) is 0 Å². The van der Waals surface area contributed by atoms with Gasteiger partial charge in [-0.1, -0.05) is 130 Å². The first-order chi connectivity index (χ1) is 60.9. The number of halogens is 6. The number of carbonyl (C=O) groups excluding carboxylic acids is 2. The molecule has 3 unspecified atom stereocenters. The molecule has 0 aliphatic carbocycles. The molecule has 4 N–H and O–H groups in total. The molecule has 0 radical (unpaired) electrons. The Morgan fingerprint density at radius 1 is 0.339 bits per heavy atom. The summed E-state index contributed by atoms with van der Waals surface area (Å²) in [7, 11) is -4.46. The molecule has 0 saturated heterocycles. The number of carboxylic acid groups (broad SMARTS) is 2. The molecule has 11 rings (SSSR count). The van der Waals surface area contributed by atoms with Crippen molar-refractivity contribution in [3.05, 3.63) is 260 Å². The molecular formula is C93H112Cl6N4O21S3. The van der Waals surface area contributed by atoms with Gasteiger partial charge in [0, 0.05) is 151 Å². The van der Waals surface area contributed by atoms with Gasteiger partial charge in [-0.15, -0.1) is 0 Å². The zero-order valence-corrected chi connectivity index (χ0v) is 78.5. The Morgan fingerprint density at radius 3 is 0.874 bits per heavy atom. The van der Waals surface area contributed by atoms with Crippen LogP contribution < -0.4 is 5.73 Å². The van der Waals surface area contributed by atoms with E-state index in [1.165, 1.54) is 18.2 Å². The van der Waals surface area contributed by atoms with Gasteiger partial charge in [0.05, 0.1) is 129 Å². The van der Waals surface area contributed by atoms with Crippen LogP contribution in [-0.4, -0.2) is 257 Å². The Hall–Kier alpha value is -6.89. The second-order valence-corrected chi connectivity index (χ2v) is 39.8. The summed E-state index contributed by atoms with van der Waals surface area (Å²) in [6, 6.07) is 44.4. The monoisotopic (exact) mass is 1930 g/mol. The summed E-state index contributed by atoms with van der Waals surface area (Å²) >= 11 is 38.5. The maximum atomic E-state index is 13.3. The molecule has 8 aromatic carbocycles. The van der Waals surface area contributed by atoms with E-state index in [0.29, 0.717) is 217 Å². The van der Waals surface area contributed by atoms with Gasteiger partial charge in [0.1, 0.15) is 0 Å². The van der Waals surface area contributed by atoms with Crippen molar-refractivity contribution in [1.82, 2.24) is 14.7 Å². The van der Waals surface area contributed by atoms with Crippen molar-refractivity contribution in [3.63, 3.8) is 0 Å². The number of nitrogens with two attached hydrogens (primary N) is 1. The minimum Gasteiger partial charge on any atom is -0.478 e. The van der Waals surface area contributed by atoms with E-state index in [2.05, 4.69) is 14.7 Å². The van der Waals surface area contributed by atoms with E-state index in [1.807, 2.05) is 57.5 Å². The summed E-state index contributed by atoms with van der Waals surface area (Å²) < 4.78 is 129. The number of nitrogens with zero attached hydrogens (tertiary/aromatic N) is 3. The fraction of sp³-hybridized carbons (Fsp3) is 0.441. The number of ether oxygens (including phenoxy) is 9. The third-order valence-electron chi connectivity index (χ3n) is 21.2. The highest BCUT2D eigenvalue weighted by Crippen LogP contribution is 2.43. The second-order valence-electron chi connectivity index (χ2n) is 31.0. The molecule has 127 heavy (non-hydrogen) atoms. The van der Waals surface area contributed by atoms with E-state index in [4.69, 9.17) is 128 Å². The number of hydrogen-bond acceptors (Lipinski definition) is 23. The van der Waals surface area contributed by atoms with E-state index >= 15 is 0 Å². The van der Waals surface area contributed by atoms with Gasteiger partial charge in [-0.3, -0.25) is 9.59 Å². The van der Waals surface area contributed by atoms with Crippen molar-refractivity contribution < 1.29 is 97.3 Å². The third-order valence-corrected chi connectivity index (χ3v) is 28.2. The molecule has 0 amide bonds. The zero-order valence-electron chi connectivity index (χ0n) is 71.6. The number of carboxylic acids is 2. The van der Waals surface area contributed by atoms with Crippen LogP contribution in [0.15, 0.2) is 172 Å². The molecule has 3 aliphatic rings. The number of Topliss-reactive ketones (excluding diaryl/α,β-unsaturated/α-hetero) is 2. The molecule has 0 bridgehead atoms. The Kier molecular flexibility index (Phi) is 43.3. The highest BCUT2D eigenvalue weighted by Gasteiger charge is 2.33. The molecule has 0 fully saturated rings. The predicted octanol–water partition coefficient (Wildman–Crippen LogP) is 16.0. The van der Waals surface area contributed by atoms with Crippen molar-refractivity contribution in [2.75, 3.05) is 184 Å². The molecular weight excluding hydrogens is 1820 g/mol. The van der Waals surface area contributed by atoms with Crippen molar-refractivity contribution >= 4 is 123 Å². The van der Waals surface area contributed by atoms with Crippen molar-refractivity contribution in [2.45, 2.75) is 97.0 Å². The lowest BCUT2D eigenvalue weighted by molar-refractivity contribution is 0.0142. The molecule has 25 nitrogen and oxygen atoms in total. The summed E-state index contributed by atoms with van der Waals surface area (Å²) in [6.45, 7) is 11.5. The predicted molar refractivity (Wildman–Crippen MR) is 494 cm³/mol. The van der Waals surface area contributed by atoms with Crippen LogP contribution in [0.3, 0.4) is 0 Å². The third kappa shape index (κ3) is 33.4. The summed E-state index contributed by atoms with van der Waals surface area (Å²) in [5.74, 6) is -2.61. The number of aromatic carboxylic acids is 2. The average Bonchev–Trinajstić information content (AvgIpc) is 0.779. The molecule has 3 atom stereocenters. The Bertz CT molecular complexity index is 5080. The minimum absolute atomic E-state index is 0.0147. The molecule has 8 aromatic rings. The fourth-order valence-corrected chi connectivity index (χ4v) is 20.6. The number of fused-ring (bicyclic) bond motifs is 3. The van der Waals surface area contributed by atoms with Crippen LogP contribution in [0.1, 0.15) is 154 Å². The van der Waals surface area contributed by atoms with Crippen molar-refractivity contribution in [3.8, 4) is 0 Å². The molecule has 3 heterocycles. The quantitative estimate of drug-likeness (QED) is 0.0235. The van der Waals surface area contributed by atoms with Crippen LogP contribution in [0, 0.1) is 0 Å². The molecule has 0 aromatic heterocycles. The minimum atomic E-state index is -3.54. The van der Waals surface area contributed by atoms with Gasteiger partial charge in [-0.05, 0) is 200 Å². The summed E-state index contributed by atoms with van der Waals surface area (Å²) in [4.78, 5) is 54.0. The zero-order chi connectivity index (χ0) is 91.5. The van der Waals surface area contributed by atoms with Crippen LogP contribution in [0.2, 0.25) is 30.1 Å². The van der Waals surface area contributed by atoms with E-state index < -0.39 is 41.5 Å². The number of sulfone groups is 3. The maximum Gasteiger partial charge on any atom is 0.335 e. The Morgan fingerprint density at radius 2 is 0.591 bits per heavy atom. The lowest BCUT2D eigenvalue weighted by Gasteiger charge is -2.33. The topological polar surface area (TPSA) is 330 Å². The first kappa shape index (κ1) is 104. The number of likely N-dealkylation sites (N-methyl/N-ethyl adjacent to an activating group) is 3.